The zero-order chi connectivity index (χ0) is 19.4. The first-order chi connectivity index (χ1) is 12.9. The van der Waals surface area contributed by atoms with Crippen LogP contribution in [0.4, 0.5) is 10.5 Å². The van der Waals surface area contributed by atoms with Crippen molar-refractivity contribution in [2.24, 2.45) is 0 Å². The summed E-state index contributed by atoms with van der Waals surface area (Å²) in [5.41, 5.74) is 0.384. The van der Waals surface area contributed by atoms with E-state index in [0.717, 1.165) is 6.42 Å². The number of amides is 4. The summed E-state index contributed by atoms with van der Waals surface area (Å²) >= 11 is 0. The molecule has 0 aromatic heterocycles. The highest BCUT2D eigenvalue weighted by molar-refractivity contribution is 6.07. The average molecular weight is 367 g/mol. The van der Waals surface area contributed by atoms with E-state index in [4.69, 9.17) is 4.74 Å². The topological polar surface area (TPSA) is 96.5 Å². The quantitative estimate of drug-likeness (QED) is 0.684. The van der Waals surface area contributed by atoms with Gasteiger partial charge in [-0.3, -0.25) is 14.9 Å². The lowest BCUT2D eigenvalue weighted by Crippen LogP contribution is -2.40. The van der Waals surface area contributed by atoms with E-state index in [-0.39, 0.29) is 5.91 Å². The van der Waals surface area contributed by atoms with Gasteiger partial charge in [0.05, 0.1) is 6.61 Å². The predicted octanol–water partition coefficient (Wildman–Crippen LogP) is 2.78. The van der Waals surface area contributed by atoms with Crippen molar-refractivity contribution in [1.82, 2.24) is 10.6 Å². The number of carbonyl (C=O) groups excluding carboxylic acids is 3. The van der Waals surface area contributed by atoms with Crippen molar-refractivity contribution in [3.8, 4) is 5.75 Å². The highest BCUT2D eigenvalue weighted by Gasteiger charge is 2.43. The number of rotatable bonds is 6. The van der Waals surface area contributed by atoms with Crippen LogP contribution in [0.3, 0.4) is 0 Å². The van der Waals surface area contributed by atoms with Crippen molar-refractivity contribution in [3.05, 3.63) is 59.7 Å². The van der Waals surface area contributed by atoms with Gasteiger partial charge in [0, 0.05) is 11.3 Å². The van der Waals surface area contributed by atoms with Crippen LogP contribution in [0, 0.1) is 0 Å². The lowest BCUT2D eigenvalue weighted by molar-refractivity contribution is -0.123. The molecular formula is C20H21N3O4. The largest absolute Gasteiger partial charge is 0.494 e. The molecule has 2 aromatic rings. The first-order valence-electron chi connectivity index (χ1n) is 8.71. The molecule has 27 heavy (non-hydrogen) atoms. The lowest BCUT2D eigenvalue weighted by atomic mass is 9.92. The van der Waals surface area contributed by atoms with E-state index in [2.05, 4.69) is 16.0 Å². The molecule has 1 aliphatic rings. The van der Waals surface area contributed by atoms with Gasteiger partial charge in [0.15, 0.2) is 0 Å². The van der Waals surface area contributed by atoms with Crippen LogP contribution in [-0.2, 0) is 10.3 Å². The van der Waals surface area contributed by atoms with Crippen molar-refractivity contribution in [3.63, 3.8) is 0 Å². The van der Waals surface area contributed by atoms with Crippen molar-refractivity contribution >= 4 is 23.5 Å². The fraction of sp³-hybridized carbons (Fsp3) is 0.250. The fourth-order valence-corrected chi connectivity index (χ4v) is 2.80. The number of nitrogens with one attached hydrogen (secondary N) is 3. The van der Waals surface area contributed by atoms with E-state index >= 15 is 0 Å². The van der Waals surface area contributed by atoms with Gasteiger partial charge in [-0.25, -0.2) is 4.79 Å². The van der Waals surface area contributed by atoms with Crippen molar-refractivity contribution in [2.75, 3.05) is 11.9 Å². The Kier molecular flexibility index (Phi) is 5.12. The van der Waals surface area contributed by atoms with E-state index in [1.54, 1.807) is 55.5 Å². The van der Waals surface area contributed by atoms with Crippen LogP contribution in [-0.4, -0.2) is 24.5 Å². The van der Waals surface area contributed by atoms with Gasteiger partial charge in [0.25, 0.3) is 11.8 Å². The zero-order valence-electron chi connectivity index (χ0n) is 15.2. The normalized spacial score (nSPS) is 18.6. The summed E-state index contributed by atoms with van der Waals surface area (Å²) in [7, 11) is 0. The Morgan fingerprint density at radius 2 is 1.93 bits per heavy atom. The summed E-state index contributed by atoms with van der Waals surface area (Å²) in [4.78, 5) is 36.1. The summed E-state index contributed by atoms with van der Waals surface area (Å²) in [6.45, 7) is 4.21. The smallest absolute Gasteiger partial charge is 0.322 e. The predicted molar refractivity (Wildman–Crippen MR) is 101 cm³/mol. The Balaban J connectivity index is 1.78. The number of urea groups is 1. The molecule has 140 valence electrons. The second kappa shape index (κ2) is 7.49. The van der Waals surface area contributed by atoms with Crippen molar-refractivity contribution in [1.29, 1.82) is 0 Å². The number of hydrogen-bond acceptors (Lipinski definition) is 4. The molecule has 3 rings (SSSR count). The van der Waals surface area contributed by atoms with E-state index in [9.17, 15) is 14.4 Å². The van der Waals surface area contributed by atoms with Crippen LogP contribution in [0.5, 0.6) is 5.75 Å². The summed E-state index contributed by atoms with van der Waals surface area (Å²) in [5, 5.41) is 7.64. The van der Waals surface area contributed by atoms with Crippen molar-refractivity contribution < 1.29 is 19.1 Å². The standard InChI is InChI=1S/C20H21N3O4/c1-3-10-27-16-9-4-6-13(11-16)17(24)21-15-8-5-7-14(12-15)20(2)18(25)22-19(26)23-20/h4-9,11-12H,3,10H2,1-2H3,(H,21,24)(H2,22,23,25,26)/t20-/m0/s1. The second-order valence-corrected chi connectivity index (χ2v) is 6.44. The van der Waals surface area contributed by atoms with Crippen LogP contribution in [0.25, 0.3) is 0 Å². The van der Waals surface area contributed by atoms with E-state index in [1.165, 1.54) is 0 Å². The molecule has 0 spiro atoms. The van der Waals surface area contributed by atoms with Crippen LogP contribution in [0.1, 0.15) is 36.2 Å². The molecule has 7 heteroatoms. The number of anilines is 1. The van der Waals surface area contributed by atoms with Gasteiger partial charge in [0.2, 0.25) is 0 Å². The number of imide groups is 1. The molecule has 2 aromatic carbocycles. The number of hydrogen-bond donors (Lipinski definition) is 3. The molecule has 0 radical (unpaired) electrons. The molecule has 1 atom stereocenters. The minimum absolute atomic E-state index is 0.292. The Hall–Kier alpha value is -3.35. The Labute approximate surface area is 157 Å². The van der Waals surface area contributed by atoms with Gasteiger partial charge in [-0.15, -0.1) is 0 Å². The summed E-state index contributed by atoms with van der Waals surface area (Å²) in [5.74, 6) is -0.0907. The molecule has 0 bridgehead atoms. The van der Waals surface area contributed by atoms with Gasteiger partial charge in [-0.1, -0.05) is 25.1 Å². The summed E-state index contributed by atoms with van der Waals surface area (Å²) in [6.07, 6.45) is 0.881. The first-order valence-corrected chi connectivity index (χ1v) is 8.71. The molecule has 3 N–H and O–H groups in total. The third-order valence-electron chi connectivity index (χ3n) is 4.31. The van der Waals surface area contributed by atoms with Crippen LogP contribution in [0.2, 0.25) is 0 Å². The molecule has 1 saturated heterocycles. The van der Waals surface area contributed by atoms with E-state index in [1.807, 2.05) is 6.92 Å². The monoisotopic (exact) mass is 367 g/mol. The molecule has 7 nitrogen and oxygen atoms in total. The SMILES string of the molecule is CCCOc1cccc(C(=O)Nc2cccc([C@]3(C)NC(=O)NC3=O)c2)c1. The lowest BCUT2D eigenvalue weighted by Gasteiger charge is -2.21. The number of ether oxygens (including phenoxy) is 1. The average Bonchev–Trinajstić information content (AvgIpc) is 2.93. The van der Waals surface area contributed by atoms with Crippen LogP contribution >= 0.6 is 0 Å². The highest BCUT2D eigenvalue weighted by atomic mass is 16.5. The third kappa shape index (κ3) is 3.92. The summed E-state index contributed by atoms with van der Waals surface area (Å²) in [6, 6.07) is 13.2. The van der Waals surface area contributed by atoms with Gasteiger partial charge in [-0.2, -0.15) is 0 Å². The molecule has 0 unspecified atom stereocenters. The third-order valence-corrected chi connectivity index (χ3v) is 4.31. The van der Waals surface area contributed by atoms with E-state index in [0.29, 0.717) is 29.2 Å². The molecule has 0 saturated carbocycles. The molecule has 0 aliphatic carbocycles. The first kappa shape index (κ1) is 18.4. The van der Waals surface area contributed by atoms with Crippen molar-refractivity contribution in [2.45, 2.75) is 25.8 Å². The van der Waals surface area contributed by atoms with Gasteiger partial charge in [0.1, 0.15) is 11.3 Å². The Bertz CT molecular complexity index is 896. The summed E-state index contributed by atoms with van der Waals surface area (Å²) < 4.78 is 5.55. The van der Waals surface area contributed by atoms with Crippen LogP contribution < -0.4 is 20.7 Å². The van der Waals surface area contributed by atoms with E-state index < -0.39 is 17.5 Å². The number of carbonyl (C=O) groups is 3. The van der Waals surface area contributed by atoms with Crippen LogP contribution in [0.15, 0.2) is 48.5 Å². The zero-order valence-corrected chi connectivity index (χ0v) is 15.2. The maximum Gasteiger partial charge on any atom is 0.322 e. The molecule has 1 fully saturated rings. The number of benzene rings is 2. The Morgan fingerprint density at radius 1 is 1.15 bits per heavy atom. The minimum atomic E-state index is -1.17. The van der Waals surface area contributed by atoms with Gasteiger partial charge < -0.3 is 15.4 Å². The van der Waals surface area contributed by atoms with Gasteiger partial charge >= 0.3 is 6.03 Å². The maximum atomic E-state index is 12.6. The Morgan fingerprint density at radius 3 is 2.63 bits per heavy atom. The molecule has 4 amide bonds. The fourth-order valence-electron chi connectivity index (χ4n) is 2.80. The minimum Gasteiger partial charge on any atom is -0.494 e. The molecule has 1 aliphatic heterocycles. The molecule has 1 heterocycles. The maximum absolute atomic E-state index is 12.6. The second-order valence-electron chi connectivity index (χ2n) is 6.44. The molecular weight excluding hydrogens is 346 g/mol. The highest BCUT2D eigenvalue weighted by Crippen LogP contribution is 2.26. The van der Waals surface area contributed by atoms with Gasteiger partial charge in [-0.05, 0) is 49.2 Å².